The van der Waals surface area contributed by atoms with E-state index >= 15 is 0 Å². The van der Waals surface area contributed by atoms with E-state index in [9.17, 15) is 4.79 Å². The Bertz CT molecular complexity index is 497. The third-order valence-electron chi connectivity index (χ3n) is 3.07. The molecule has 1 heterocycles. The third kappa shape index (κ3) is 4.35. The maximum Gasteiger partial charge on any atom is 0.261 e. The molecule has 1 aromatic rings. The van der Waals surface area contributed by atoms with Crippen molar-refractivity contribution in [1.82, 2.24) is 5.32 Å². The average Bonchev–Trinajstić information content (AvgIpc) is 2.85. The maximum absolute atomic E-state index is 12.0. The van der Waals surface area contributed by atoms with E-state index in [1.165, 1.54) is 10.5 Å². The highest BCUT2D eigenvalue weighted by molar-refractivity contribution is 7.14. The number of carbonyl (C=O) groups is 1. The number of allylic oxidation sites excluding steroid dienone is 3. The molecule has 1 aromatic heterocycles. The molecule has 0 saturated carbocycles. The van der Waals surface area contributed by atoms with E-state index in [1.807, 2.05) is 6.07 Å². The summed E-state index contributed by atoms with van der Waals surface area (Å²) in [6.45, 7) is 5.06. The van der Waals surface area contributed by atoms with E-state index in [4.69, 9.17) is 0 Å². The van der Waals surface area contributed by atoms with Gasteiger partial charge in [0, 0.05) is 11.4 Å². The Labute approximate surface area is 119 Å². The molecule has 0 aromatic carbocycles. The SMILES string of the molecule is CC(C)Cc1ccc(C(=O)NCC2=CC=CCC2)s1. The lowest BCUT2D eigenvalue weighted by atomic mass is 10.1. The minimum atomic E-state index is 0.0514. The minimum Gasteiger partial charge on any atom is -0.348 e. The highest BCUT2D eigenvalue weighted by Gasteiger charge is 2.10. The molecule has 1 aliphatic rings. The Morgan fingerprint density at radius 3 is 2.95 bits per heavy atom. The van der Waals surface area contributed by atoms with Crippen LogP contribution in [0.4, 0.5) is 0 Å². The first-order valence-corrected chi connectivity index (χ1v) is 7.68. The molecule has 1 aliphatic carbocycles. The molecule has 2 nitrogen and oxygen atoms in total. The molecule has 1 amide bonds. The highest BCUT2D eigenvalue weighted by Crippen LogP contribution is 2.20. The second-order valence-electron chi connectivity index (χ2n) is 5.34. The maximum atomic E-state index is 12.0. The first-order chi connectivity index (χ1) is 9.15. The molecule has 2 rings (SSSR count). The molecule has 102 valence electrons. The van der Waals surface area contributed by atoms with E-state index in [1.54, 1.807) is 11.3 Å². The van der Waals surface area contributed by atoms with Gasteiger partial charge in [0.1, 0.15) is 0 Å². The van der Waals surface area contributed by atoms with Gasteiger partial charge in [-0.3, -0.25) is 4.79 Å². The standard InChI is InChI=1S/C16H21NOS/c1-12(2)10-14-8-9-15(19-14)16(18)17-11-13-6-4-3-5-7-13/h3-4,6,8-9,12H,5,7,10-11H2,1-2H3,(H,17,18). The van der Waals surface area contributed by atoms with Crippen LogP contribution < -0.4 is 5.32 Å². The van der Waals surface area contributed by atoms with Crippen LogP contribution in [0.25, 0.3) is 0 Å². The lowest BCUT2D eigenvalue weighted by Gasteiger charge is -2.09. The molecule has 0 bridgehead atoms. The number of carbonyl (C=O) groups excluding carboxylic acids is 1. The lowest BCUT2D eigenvalue weighted by molar-refractivity contribution is 0.0961. The normalized spacial score (nSPS) is 14.6. The second-order valence-corrected chi connectivity index (χ2v) is 6.51. The smallest absolute Gasteiger partial charge is 0.261 e. The van der Waals surface area contributed by atoms with Crippen molar-refractivity contribution in [3.05, 3.63) is 45.7 Å². The van der Waals surface area contributed by atoms with Gasteiger partial charge in [0.05, 0.1) is 4.88 Å². The fraction of sp³-hybridized carbons (Fsp3) is 0.438. The molecule has 0 saturated heterocycles. The fourth-order valence-corrected chi connectivity index (χ4v) is 3.23. The van der Waals surface area contributed by atoms with Crippen molar-refractivity contribution in [2.24, 2.45) is 5.92 Å². The van der Waals surface area contributed by atoms with Gasteiger partial charge in [-0.15, -0.1) is 11.3 Å². The van der Waals surface area contributed by atoms with Gasteiger partial charge in [-0.05, 0) is 37.3 Å². The number of amides is 1. The van der Waals surface area contributed by atoms with Gasteiger partial charge in [-0.25, -0.2) is 0 Å². The summed E-state index contributed by atoms with van der Waals surface area (Å²) in [6.07, 6.45) is 9.51. The first kappa shape index (κ1) is 14.1. The number of rotatable bonds is 5. The minimum absolute atomic E-state index is 0.0514. The Morgan fingerprint density at radius 1 is 1.42 bits per heavy atom. The Balaban J connectivity index is 1.87. The van der Waals surface area contributed by atoms with Gasteiger partial charge in [0.25, 0.3) is 5.91 Å². The van der Waals surface area contributed by atoms with Crippen molar-refractivity contribution in [3.63, 3.8) is 0 Å². The van der Waals surface area contributed by atoms with E-state index < -0.39 is 0 Å². The van der Waals surface area contributed by atoms with Crippen LogP contribution in [0.2, 0.25) is 0 Å². The zero-order valence-corrected chi connectivity index (χ0v) is 12.4. The molecule has 0 radical (unpaired) electrons. The molecule has 0 aliphatic heterocycles. The summed E-state index contributed by atoms with van der Waals surface area (Å²) in [7, 11) is 0. The van der Waals surface area contributed by atoms with Gasteiger partial charge in [-0.2, -0.15) is 0 Å². The summed E-state index contributed by atoms with van der Waals surface area (Å²) in [5.74, 6) is 0.684. The van der Waals surface area contributed by atoms with Gasteiger partial charge >= 0.3 is 0 Å². The third-order valence-corrected chi connectivity index (χ3v) is 4.18. The zero-order valence-electron chi connectivity index (χ0n) is 11.6. The van der Waals surface area contributed by atoms with Crippen molar-refractivity contribution in [2.45, 2.75) is 33.1 Å². The number of hydrogen-bond acceptors (Lipinski definition) is 2. The van der Waals surface area contributed by atoms with Crippen LogP contribution in [0, 0.1) is 5.92 Å². The topological polar surface area (TPSA) is 29.1 Å². The van der Waals surface area contributed by atoms with E-state index in [2.05, 4.69) is 43.5 Å². The Morgan fingerprint density at radius 2 is 2.26 bits per heavy atom. The Hall–Kier alpha value is -1.35. The largest absolute Gasteiger partial charge is 0.348 e. The van der Waals surface area contributed by atoms with Crippen LogP contribution in [0.5, 0.6) is 0 Å². The number of hydrogen-bond donors (Lipinski definition) is 1. The van der Waals surface area contributed by atoms with Crippen molar-refractivity contribution in [3.8, 4) is 0 Å². The second kappa shape index (κ2) is 6.71. The van der Waals surface area contributed by atoms with Gasteiger partial charge in [0.2, 0.25) is 0 Å². The zero-order chi connectivity index (χ0) is 13.7. The van der Waals surface area contributed by atoms with Crippen LogP contribution >= 0.6 is 11.3 Å². The van der Waals surface area contributed by atoms with Crippen LogP contribution in [-0.2, 0) is 6.42 Å². The summed E-state index contributed by atoms with van der Waals surface area (Å²) in [5.41, 5.74) is 1.30. The van der Waals surface area contributed by atoms with E-state index in [0.29, 0.717) is 12.5 Å². The first-order valence-electron chi connectivity index (χ1n) is 6.86. The molecule has 3 heteroatoms. The monoisotopic (exact) mass is 275 g/mol. The van der Waals surface area contributed by atoms with Crippen molar-refractivity contribution in [2.75, 3.05) is 6.54 Å². The predicted octanol–water partition coefficient (Wildman–Crippen LogP) is 3.95. The van der Waals surface area contributed by atoms with Crippen molar-refractivity contribution in [1.29, 1.82) is 0 Å². The lowest BCUT2D eigenvalue weighted by Crippen LogP contribution is -2.25. The fourth-order valence-electron chi connectivity index (χ4n) is 2.09. The van der Waals surface area contributed by atoms with Crippen LogP contribution in [0.1, 0.15) is 41.2 Å². The molecular formula is C16H21NOS. The van der Waals surface area contributed by atoms with Crippen LogP contribution in [0.3, 0.4) is 0 Å². The summed E-state index contributed by atoms with van der Waals surface area (Å²) in [4.78, 5) is 14.2. The number of nitrogens with one attached hydrogen (secondary N) is 1. The molecule has 0 atom stereocenters. The van der Waals surface area contributed by atoms with Gasteiger partial charge in [-0.1, -0.05) is 37.6 Å². The van der Waals surface area contributed by atoms with E-state index in [0.717, 1.165) is 24.1 Å². The predicted molar refractivity (Wildman–Crippen MR) is 81.7 cm³/mol. The molecule has 19 heavy (non-hydrogen) atoms. The van der Waals surface area contributed by atoms with E-state index in [-0.39, 0.29) is 5.91 Å². The van der Waals surface area contributed by atoms with Crippen molar-refractivity contribution < 1.29 is 4.79 Å². The average molecular weight is 275 g/mol. The van der Waals surface area contributed by atoms with Gasteiger partial charge in [0.15, 0.2) is 0 Å². The summed E-state index contributed by atoms with van der Waals surface area (Å²) in [5, 5.41) is 3.00. The summed E-state index contributed by atoms with van der Waals surface area (Å²) < 4.78 is 0. The Kier molecular flexibility index (Phi) is 4.97. The highest BCUT2D eigenvalue weighted by atomic mass is 32.1. The molecule has 0 unspecified atom stereocenters. The molecule has 0 spiro atoms. The molecule has 1 N–H and O–H groups in total. The van der Waals surface area contributed by atoms with Crippen LogP contribution in [0.15, 0.2) is 35.9 Å². The molecular weight excluding hydrogens is 254 g/mol. The van der Waals surface area contributed by atoms with Crippen molar-refractivity contribution >= 4 is 17.2 Å². The summed E-state index contributed by atoms with van der Waals surface area (Å²) >= 11 is 1.61. The van der Waals surface area contributed by atoms with Gasteiger partial charge < -0.3 is 5.32 Å². The van der Waals surface area contributed by atoms with Crippen LogP contribution in [-0.4, -0.2) is 12.5 Å². The number of thiophene rings is 1. The summed E-state index contributed by atoms with van der Waals surface area (Å²) in [6, 6.07) is 4.01. The molecule has 0 fully saturated rings. The quantitative estimate of drug-likeness (QED) is 0.866.